The van der Waals surface area contributed by atoms with Gasteiger partial charge in [0.2, 0.25) is 0 Å². The molecule has 0 aliphatic carbocycles. The van der Waals surface area contributed by atoms with Gasteiger partial charge in [-0.15, -0.1) is 11.3 Å². The number of hydrogen-bond donors (Lipinski definition) is 0. The number of esters is 1. The molecule has 0 spiro atoms. The molecule has 0 amide bonds. The Morgan fingerprint density at radius 2 is 1.84 bits per heavy atom. The van der Waals surface area contributed by atoms with Crippen LogP contribution >= 0.6 is 11.3 Å². The number of thiophene rings is 1. The summed E-state index contributed by atoms with van der Waals surface area (Å²) < 4.78 is 5.27. The Labute approximate surface area is 115 Å². The van der Waals surface area contributed by atoms with E-state index in [1.54, 1.807) is 24.3 Å². The molecule has 0 atom stereocenters. The summed E-state index contributed by atoms with van der Waals surface area (Å²) in [7, 11) is 0. The first kappa shape index (κ1) is 13.5. The van der Waals surface area contributed by atoms with E-state index in [2.05, 4.69) is 0 Å². The van der Waals surface area contributed by atoms with Crippen molar-refractivity contribution in [2.75, 3.05) is 0 Å². The molecule has 0 bridgehead atoms. The number of aryl methyl sites for hydroxylation is 1. The van der Waals surface area contributed by atoms with E-state index >= 15 is 0 Å². The zero-order valence-electron chi connectivity index (χ0n) is 10.8. The zero-order chi connectivity index (χ0) is 13.8. The molecule has 0 fully saturated rings. The summed E-state index contributed by atoms with van der Waals surface area (Å²) >= 11 is 1.36. The molecule has 2 aromatic rings. The summed E-state index contributed by atoms with van der Waals surface area (Å²) in [5.74, 6) is 0.166. The maximum Gasteiger partial charge on any atom is 0.353 e. The van der Waals surface area contributed by atoms with Crippen LogP contribution in [0.1, 0.15) is 38.9 Å². The third-order valence-corrected chi connectivity index (χ3v) is 3.75. The molecule has 2 rings (SSSR count). The van der Waals surface area contributed by atoms with Crippen molar-refractivity contribution in [3.05, 3.63) is 51.7 Å². The average Bonchev–Trinajstić information content (AvgIpc) is 2.85. The van der Waals surface area contributed by atoms with Crippen LogP contribution in [0.3, 0.4) is 0 Å². The molecule has 3 nitrogen and oxygen atoms in total. The molecule has 0 radical (unpaired) electrons. The van der Waals surface area contributed by atoms with Crippen LogP contribution in [-0.2, 0) is 0 Å². The highest BCUT2D eigenvalue weighted by atomic mass is 32.1. The highest BCUT2D eigenvalue weighted by Crippen LogP contribution is 2.20. The van der Waals surface area contributed by atoms with Gasteiger partial charge in [-0.3, -0.25) is 4.79 Å². The third kappa shape index (κ3) is 3.09. The second kappa shape index (κ2) is 5.80. The fourth-order valence-electron chi connectivity index (χ4n) is 1.65. The SMILES string of the molecule is CCC(=O)c1ccc(OC(=O)c2sccc2C)cc1. The minimum atomic E-state index is -0.359. The zero-order valence-corrected chi connectivity index (χ0v) is 11.6. The second-order valence-electron chi connectivity index (χ2n) is 4.12. The fraction of sp³-hybridized carbons (Fsp3) is 0.200. The van der Waals surface area contributed by atoms with Gasteiger partial charge in [-0.25, -0.2) is 4.79 Å². The summed E-state index contributed by atoms with van der Waals surface area (Å²) in [6.07, 6.45) is 0.466. The van der Waals surface area contributed by atoms with Gasteiger partial charge in [-0.1, -0.05) is 6.92 Å². The van der Waals surface area contributed by atoms with Crippen molar-refractivity contribution in [2.45, 2.75) is 20.3 Å². The van der Waals surface area contributed by atoms with E-state index in [1.807, 2.05) is 25.3 Å². The minimum Gasteiger partial charge on any atom is -0.422 e. The van der Waals surface area contributed by atoms with Crippen molar-refractivity contribution in [3.63, 3.8) is 0 Å². The van der Waals surface area contributed by atoms with Crippen LogP contribution < -0.4 is 4.74 Å². The first-order chi connectivity index (χ1) is 9.11. The Kier molecular flexibility index (Phi) is 4.12. The molecule has 19 heavy (non-hydrogen) atoms. The molecule has 98 valence electrons. The smallest absolute Gasteiger partial charge is 0.353 e. The fourth-order valence-corrected chi connectivity index (χ4v) is 2.45. The standard InChI is InChI=1S/C15H14O3S/c1-3-13(16)11-4-6-12(7-5-11)18-15(17)14-10(2)8-9-19-14/h4-9H,3H2,1-2H3. The Morgan fingerprint density at radius 3 is 2.37 bits per heavy atom. The lowest BCUT2D eigenvalue weighted by molar-refractivity contribution is 0.0739. The number of benzene rings is 1. The summed E-state index contributed by atoms with van der Waals surface area (Å²) in [6, 6.07) is 8.52. The molecule has 0 aliphatic rings. The van der Waals surface area contributed by atoms with Crippen LogP contribution in [0.2, 0.25) is 0 Å². The van der Waals surface area contributed by atoms with Crippen LogP contribution in [0.5, 0.6) is 5.75 Å². The lowest BCUT2D eigenvalue weighted by Gasteiger charge is -2.04. The first-order valence-corrected chi connectivity index (χ1v) is 6.89. The van der Waals surface area contributed by atoms with Gasteiger partial charge in [-0.05, 0) is 48.2 Å². The molecule has 0 unspecified atom stereocenters. The van der Waals surface area contributed by atoms with Gasteiger partial charge >= 0.3 is 5.97 Å². The van der Waals surface area contributed by atoms with Crippen LogP contribution in [-0.4, -0.2) is 11.8 Å². The Bertz CT molecular complexity index is 596. The highest BCUT2D eigenvalue weighted by molar-refractivity contribution is 7.12. The summed E-state index contributed by atoms with van der Waals surface area (Å²) in [6.45, 7) is 3.69. The monoisotopic (exact) mass is 274 g/mol. The number of ether oxygens (including phenoxy) is 1. The predicted octanol–water partition coefficient (Wildman–Crippen LogP) is 3.87. The van der Waals surface area contributed by atoms with E-state index in [-0.39, 0.29) is 11.8 Å². The normalized spacial score (nSPS) is 10.2. The Hall–Kier alpha value is -1.94. The molecule has 4 heteroatoms. The van der Waals surface area contributed by atoms with Crippen molar-refractivity contribution in [3.8, 4) is 5.75 Å². The van der Waals surface area contributed by atoms with E-state index in [1.165, 1.54) is 11.3 Å². The van der Waals surface area contributed by atoms with Crippen LogP contribution in [0.25, 0.3) is 0 Å². The highest BCUT2D eigenvalue weighted by Gasteiger charge is 2.13. The van der Waals surface area contributed by atoms with Gasteiger partial charge in [0.25, 0.3) is 0 Å². The Balaban J connectivity index is 2.10. The number of carbonyl (C=O) groups excluding carboxylic acids is 2. The van der Waals surface area contributed by atoms with E-state index in [4.69, 9.17) is 4.74 Å². The van der Waals surface area contributed by atoms with Gasteiger partial charge in [0.15, 0.2) is 5.78 Å². The van der Waals surface area contributed by atoms with Crippen molar-refractivity contribution in [2.24, 2.45) is 0 Å². The number of rotatable bonds is 4. The largest absolute Gasteiger partial charge is 0.422 e. The second-order valence-corrected chi connectivity index (χ2v) is 5.04. The molecule has 0 N–H and O–H groups in total. The minimum absolute atomic E-state index is 0.0759. The molecule has 1 heterocycles. The van der Waals surface area contributed by atoms with Crippen molar-refractivity contribution >= 4 is 23.1 Å². The quantitative estimate of drug-likeness (QED) is 0.483. The lowest BCUT2D eigenvalue weighted by atomic mass is 10.1. The third-order valence-electron chi connectivity index (χ3n) is 2.76. The molecular formula is C15H14O3S. The first-order valence-electron chi connectivity index (χ1n) is 6.01. The summed E-state index contributed by atoms with van der Waals surface area (Å²) in [4.78, 5) is 24.0. The molecule has 0 aliphatic heterocycles. The number of Topliss-reactive ketones (excluding diaryl/α,β-unsaturated/α-hetero) is 1. The topological polar surface area (TPSA) is 43.4 Å². The van der Waals surface area contributed by atoms with Gasteiger partial charge in [-0.2, -0.15) is 0 Å². The van der Waals surface area contributed by atoms with Gasteiger partial charge in [0, 0.05) is 12.0 Å². The van der Waals surface area contributed by atoms with Crippen LogP contribution in [0.15, 0.2) is 35.7 Å². The van der Waals surface area contributed by atoms with Gasteiger partial charge < -0.3 is 4.74 Å². The van der Waals surface area contributed by atoms with Crippen molar-refractivity contribution in [1.29, 1.82) is 0 Å². The maximum absolute atomic E-state index is 11.9. The van der Waals surface area contributed by atoms with E-state index < -0.39 is 0 Å². The summed E-state index contributed by atoms with van der Waals surface area (Å²) in [5.41, 5.74) is 1.54. The molecule has 0 saturated carbocycles. The number of hydrogen-bond acceptors (Lipinski definition) is 4. The maximum atomic E-state index is 11.9. The van der Waals surface area contributed by atoms with E-state index in [9.17, 15) is 9.59 Å². The molecule has 1 aromatic heterocycles. The van der Waals surface area contributed by atoms with Crippen molar-refractivity contribution in [1.82, 2.24) is 0 Å². The van der Waals surface area contributed by atoms with Crippen LogP contribution in [0, 0.1) is 6.92 Å². The van der Waals surface area contributed by atoms with Gasteiger partial charge in [0.1, 0.15) is 10.6 Å². The van der Waals surface area contributed by atoms with E-state index in [0.717, 1.165) is 5.56 Å². The number of carbonyl (C=O) groups is 2. The van der Waals surface area contributed by atoms with Crippen LogP contribution in [0.4, 0.5) is 0 Å². The number of ketones is 1. The molecular weight excluding hydrogens is 260 g/mol. The lowest BCUT2D eigenvalue weighted by Crippen LogP contribution is -2.08. The average molecular weight is 274 g/mol. The molecule has 0 saturated heterocycles. The molecule has 1 aromatic carbocycles. The van der Waals surface area contributed by atoms with E-state index in [0.29, 0.717) is 22.6 Å². The van der Waals surface area contributed by atoms with Gasteiger partial charge in [0.05, 0.1) is 0 Å². The predicted molar refractivity (Wildman–Crippen MR) is 75.1 cm³/mol. The van der Waals surface area contributed by atoms with Crippen molar-refractivity contribution < 1.29 is 14.3 Å². The summed E-state index contributed by atoms with van der Waals surface area (Å²) in [5, 5.41) is 1.86. The Morgan fingerprint density at radius 1 is 1.16 bits per heavy atom.